The average Bonchev–Trinajstić information content (AvgIpc) is 2.00. The fourth-order valence-corrected chi connectivity index (χ4v) is 0.368. The molecule has 0 aliphatic heterocycles. The molecule has 2 heteroatoms. The summed E-state index contributed by atoms with van der Waals surface area (Å²) in [6.07, 6.45) is 0. The molecule has 0 spiro atoms. The Labute approximate surface area is 60.8 Å². The Kier molecular flexibility index (Phi) is 3.90. The van der Waals surface area contributed by atoms with Crippen molar-refractivity contribution in [1.29, 1.82) is 0 Å². The lowest BCUT2D eigenvalue weighted by molar-refractivity contribution is 0.404. The first-order valence-electron chi connectivity index (χ1n) is 3.10. The van der Waals surface area contributed by atoms with E-state index >= 15 is 0 Å². The molecule has 0 fully saturated rings. The minimum Gasteiger partial charge on any atom is -0.504 e. The van der Waals surface area contributed by atoms with E-state index in [1.54, 1.807) is 0 Å². The molecule has 0 amide bonds. The third-order valence-corrected chi connectivity index (χ3v) is 0.764. The van der Waals surface area contributed by atoms with Crippen LogP contribution in [0.1, 0.15) is 13.8 Å². The first-order valence-corrected chi connectivity index (χ1v) is 3.10. The van der Waals surface area contributed by atoms with Crippen LogP contribution in [0.3, 0.4) is 0 Å². The van der Waals surface area contributed by atoms with E-state index in [1.807, 2.05) is 13.8 Å². The summed E-state index contributed by atoms with van der Waals surface area (Å²) in [6.45, 7) is 4.00. The van der Waals surface area contributed by atoms with Gasteiger partial charge in [-0.15, -0.1) is 0 Å². The van der Waals surface area contributed by atoms with Gasteiger partial charge in [0.25, 0.3) is 0 Å². The Morgan fingerprint density at radius 2 is 1.30 bits per heavy atom. The standard InChI is InChI=1S/C6H4O2.C2H6/c7-5-3-1-2-4-6(5)8;1-2/h3-4,7-8H;1-2H3. The minimum absolute atomic E-state index is 0.163. The van der Waals surface area contributed by atoms with Crippen LogP contribution in [-0.2, 0) is 0 Å². The van der Waals surface area contributed by atoms with Gasteiger partial charge in [-0.05, 0) is 0 Å². The first-order chi connectivity index (χ1) is 4.80. The van der Waals surface area contributed by atoms with Crippen molar-refractivity contribution in [3.63, 3.8) is 0 Å². The molecule has 1 aromatic rings. The molecule has 0 unspecified atom stereocenters. The maximum Gasteiger partial charge on any atom is 0.166 e. The molecule has 0 saturated carbocycles. The van der Waals surface area contributed by atoms with Gasteiger partial charge in [-0.3, -0.25) is 0 Å². The Morgan fingerprint density at radius 1 is 1.00 bits per heavy atom. The fraction of sp³-hybridized carbons (Fsp3) is 0.250. The van der Waals surface area contributed by atoms with Crippen molar-refractivity contribution in [1.82, 2.24) is 0 Å². The second-order valence-corrected chi connectivity index (χ2v) is 1.35. The van der Waals surface area contributed by atoms with Crippen LogP contribution in [0.5, 0.6) is 11.5 Å². The summed E-state index contributed by atoms with van der Waals surface area (Å²) in [4.78, 5) is 0. The van der Waals surface area contributed by atoms with E-state index in [4.69, 9.17) is 10.2 Å². The summed E-state index contributed by atoms with van der Waals surface area (Å²) in [5.74, 6) is -0.326. The molecule has 0 atom stereocenters. The normalized spacial score (nSPS) is 7.00. The number of hydrogen-bond acceptors (Lipinski definition) is 2. The first kappa shape index (κ1) is 8.64. The minimum atomic E-state index is -0.163. The molecule has 2 nitrogen and oxygen atoms in total. The second-order valence-electron chi connectivity index (χ2n) is 1.35. The number of hydrogen-bond donors (Lipinski definition) is 2. The van der Waals surface area contributed by atoms with Crippen LogP contribution < -0.4 is 0 Å². The van der Waals surface area contributed by atoms with Crippen molar-refractivity contribution < 1.29 is 10.2 Å². The second kappa shape index (κ2) is 4.51. The fourth-order valence-electron chi connectivity index (χ4n) is 0.368. The molecule has 1 rings (SSSR count). The van der Waals surface area contributed by atoms with Gasteiger partial charge in [0.1, 0.15) is 0 Å². The molecule has 1 aromatic carbocycles. The maximum absolute atomic E-state index is 8.62. The van der Waals surface area contributed by atoms with Gasteiger partial charge < -0.3 is 10.2 Å². The van der Waals surface area contributed by atoms with Gasteiger partial charge in [-0.1, -0.05) is 26.0 Å². The highest BCUT2D eigenvalue weighted by molar-refractivity contribution is 5.33. The van der Waals surface area contributed by atoms with Crippen molar-refractivity contribution in [3.05, 3.63) is 24.3 Å². The number of rotatable bonds is 0. The molecule has 0 aromatic heterocycles. The zero-order valence-corrected chi connectivity index (χ0v) is 6.05. The Bertz CT molecular complexity index is 163. The van der Waals surface area contributed by atoms with Gasteiger partial charge in [-0.25, -0.2) is 0 Å². The molecule has 0 saturated heterocycles. The molecular weight excluding hydrogens is 128 g/mol. The maximum atomic E-state index is 8.62. The van der Waals surface area contributed by atoms with Gasteiger partial charge in [0.2, 0.25) is 0 Å². The number of aromatic hydroxyl groups is 2. The highest BCUT2D eigenvalue weighted by Gasteiger charge is 1.89. The largest absolute Gasteiger partial charge is 0.504 e. The molecular formula is C8H10O2. The van der Waals surface area contributed by atoms with Crippen LogP contribution in [0, 0.1) is 12.1 Å². The lowest BCUT2D eigenvalue weighted by Gasteiger charge is -1.87. The molecule has 0 heterocycles. The van der Waals surface area contributed by atoms with Gasteiger partial charge in [0.15, 0.2) is 11.5 Å². The topological polar surface area (TPSA) is 40.5 Å². The quantitative estimate of drug-likeness (QED) is 0.573. The molecule has 0 bridgehead atoms. The van der Waals surface area contributed by atoms with E-state index in [0.29, 0.717) is 0 Å². The summed E-state index contributed by atoms with van der Waals surface area (Å²) in [5.41, 5.74) is 0. The Hall–Kier alpha value is -1.36. The van der Waals surface area contributed by atoms with E-state index in [9.17, 15) is 0 Å². The summed E-state index contributed by atoms with van der Waals surface area (Å²) in [6, 6.07) is 7.42. The summed E-state index contributed by atoms with van der Waals surface area (Å²) >= 11 is 0. The van der Waals surface area contributed by atoms with Crippen molar-refractivity contribution in [2.24, 2.45) is 0 Å². The van der Waals surface area contributed by atoms with E-state index in [-0.39, 0.29) is 11.5 Å². The van der Waals surface area contributed by atoms with Crippen LogP contribution in [-0.4, -0.2) is 10.2 Å². The summed E-state index contributed by atoms with van der Waals surface area (Å²) in [7, 11) is 0. The van der Waals surface area contributed by atoms with E-state index in [2.05, 4.69) is 12.1 Å². The van der Waals surface area contributed by atoms with E-state index in [0.717, 1.165) is 0 Å². The molecule has 2 N–H and O–H groups in total. The van der Waals surface area contributed by atoms with Gasteiger partial charge in [-0.2, -0.15) is 0 Å². The average molecular weight is 138 g/mol. The molecule has 0 aliphatic carbocycles. The van der Waals surface area contributed by atoms with Crippen LogP contribution in [0.2, 0.25) is 0 Å². The predicted octanol–water partition coefficient (Wildman–Crippen LogP) is 1.72. The van der Waals surface area contributed by atoms with Crippen LogP contribution in [0.4, 0.5) is 0 Å². The smallest absolute Gasteiger partial charge is 0.166 e. The van der Waals surface area contributed by atoms with Crippen molar-refractivity contribution in [2.75, 3.05) is 0 Å². The van der Waals surface area contributed by atoms with E-state index < -0.39 is 0 Å². The van der Waals surface area contributed by atoms with Gasteiger partial charge >= 0.3 is 0 Å². The van der Waals surface area contributed by atoms with Crippen molar-refractivity contribution in [3.8, 4) is 11.5 Å². The lowest BCUT2D eigenvalue weighted by atomic mass is 10.4. The monoisotopic (exact) mass is 138 g/mol. The highest BCUT2D eigenvalue weighted by atomic mass is 16.3. The van der Waals surface area contributed by atoms with Gasteiger partial charge in [0.05, 0.1) is 0 Å². The molecule has 0 radical (unpaired) electrons. The van der Waals surface area contributed by atoms with E-state index in [1.165, 1.54) is 12.1 Å². The van der Waals surface area contributed by atoms with Crippen molar-refractivity contribution in [2.45, 2.75) is 13.8 Å². The molecule has 0 aliphatic rings. The van der Waals surface area contributed by atoms with Crippen LogP contribution >= 0.6 is 0 Å². The summed E-state index contributed by atoms with van der Waals surface area (Å²) in [5, 5.41) is 17.2. The summed E-state index contributed by atoms with van der Waals surface area (Å²) < 4.78 is 0. The SMILES string of the molecule is CC.Oc1cc#ccc1O. The zero-order valence-electron chi connectivity index (χ0n) is 6.05. The highest BCUT2D eigenvalue weighted by Crippen LogP contribution is 2.19. The van der Waals surface area contributed by atoms with Gasteiger partial charge in [0, 0.05) is 12.1 Å². The zero-order chi connectivity index (χ0) is 7.98. The van der Waals surface area contributed by atoms with Crippen molar-refractivity contribution >= 4 is 0 Å². The van der Waals surface area contributed by atoms with Crippen LogP contribution in [0.25, 0.3) is 0 Å². The molecule has 10 heavy (non-hydrogen) atoms. The Morgan fingerprint density at radius 3 is 1.50 bits per heavy atom. The Balaban J connectivity index is 0.000000371. The molecule has 54 valence electrons. The third kappa shape index (κ3) is 2.27. The third-order valence-electron chi connectivity index (χ3n) is 0.764. The lowest BCUT2D eigenvalue weighted by Crippen LogP contribution is -1.60. The predicted molar refractivity (Wildman–Crippen MR) is 38.8 cm³/mol. The van der Waals surface area contributed by atoms with Crippen LogP contribution in [0.15, 0.2) is 12.1 Å².